The van der Waals surface area contributed by atoms with Gasteiger partial charge in [0.2, 0.25) is 0 Å². The molecule has 0 amide bonds. The van der Waals surface area contributed by atoms with Crippen LogP contribution < -0.4 is 5.32 Å². The molecular weight excluding hydrogens is 274 g/mol. The third-order valence-electron chi connectivity index (χ3n) is 3.20. The molecule has 1 unspecified atom stereocenters. The van der Waals surface area contributed by atoms with Gasteiger partial charge >= 0.3 is 0 Å². The van der Waals surface area contributed by atoms with Gasteiger partial charge in [0.15, 0.2) is 0 Å². The molecule has 1 nitrogen and oxygen atoms in total. The Kier molecular flexibility index (Phi) is 5.44. The van der Waals surface area contributed by atoms with Crippen molar-refractivity contribution in [2.24, 2.45) is 0 Å². The van der Waals surface area contributed by atoms with E-state index in [0.29, 0.717) is 6.04 Å². The predicted octanol–water partition coefficient (Wildman–Crippen LogP) is 4.47. The number of likely N-dealkylation sites (N-methyl/N-ethyl adjacent to an activating group) is 1. The molecule has 0 saturated carbocycles. The molecule has 102 valence electrons. The highest BCUT2D eigenvalue weighted by atomic mass is 35.5. The van der Waals surface area contributed by atoms with Crippen LogP contribution in [0, 0.1) is 6.92 Å². The highest BCUT2D eigenvalue weighted by Gasteiger charge is 2.12. The topological polar surface area (TPSA) is 12.0 Å². The van der Waals surface area contributed by atoms with Crippen molar-refractivity contribution in [1.82, 2.24) is 5.32 Å². The van der Waals surface area contributed by atoms with Gasteiger partial charge in [0.25, 0.3) is 0 Å². The molecule has 1 heterocycles. The second kappa shape index (κ2) is 7.09. The van der Waals surface area contributed by atoms with Gasteiger partial charge in [0.05, 0.1) is 0 Å². The van der Waals surface area contributed by atoms with Crippen LogP contribution in [-0.4, -0.2) is 12.6 Å². The molecule has 0 aliphatic rings. The zero-order valence-corrected chi connectivity index (χ0v) is 13.0. The lowest BCUT2D eigenvalue weighted by Crippen LogP contribution is -2.32. The summed E-state index contributed by atoms with van der Waals surface area (Å²) in [6.07, 6.45) is 2.04. The minimum atomic E-state index is 0.448. The predicted molar refractivity (Wildman–Crippen MR) is 85.4 cm³/mol. The normalized spacial score (nSPS) is 12.6. The fourth-order valence-corrected chi connectivity index (χ4v) is 3.36. The summed E-state index contributed by atoms with van der Waals surface area (Å²) in [4.78, 5) is 1.43. The fourth-order valence-electron chi connectivity index (χ4n) is 2.26. The van der Waals surface area contributed by atoms with Crippen LogP contribution >= 0.6 is 22.9 Å². The maximum absolute atomic E-state index is 6.33. The van der Waals surface area contributed by atoms with Crippen molar-refractivity contribution in [3.63, 3.8) is 0 Å². The number of rotatable bonds is 6. The van der Waals surface area contributed by atoms with Crippen molar-refractivity contribution in [2.75, 3.05) is 6.54 Å². The largest absolute Gasteiger partial charge is 0.314 e. The molecule has 19 heavy (non-hydrogen) atoms. The Hall–Kier alpha value is -0.830. The third kappa shape index (κ3) is 4.34. The molecule has 0 bridgehead atoms. The van der Waals surface area contributed by atoms with Gasteiger partial charge in [-0.3, -0.25) is 0 Å². The minimum absolute atomic E-state index is 0.448. The van der Waals surface area contributed by atoms with E-state index in [2.05, 4.69) is 48.8 Å². The number of thiophene rings is 1. The average Bonchev–Trinajstić information content (AvgIpc) is 2.86. The Morgan fingerprint density at radius 3 is 2.74 bits per heavy atom. The standard InChI is InChI=1S/C16H20ClNS/c1-3-18-14(11-15-5-4-8-19-15)10-13-7-6-12(2)9-16(13)17/h4-9,14,18H,3,10-11H2,1-2H3. The first kappa shape index (κ1) is 14.6. The Bertz CT molecular complexity index is 507. The second-order valence-electron chi connectivity index (χ2n) is 4.84. The van der Waals surface area contributed by atoms with Crippen LogP contribution in [0.4, 0.5) is 0 Å². The molecule has 1 N–H and O–H groups in total. The molecule has 3 heteroatoms. The average molecular weight is 294 g/mol. The quantitative estimate of drug-likeness (QED) is 0.828. The van der Waals surface area contributed by atoms with E-state index < -0.39 is 0 Å². The molecule has 1 aromatic carbocycles. The van der Waals surface area contributed by atoms with Crippen molar-refractivity contribution in [3.8, 4) is 0 Å². The number of hydrogen-bond donors (Lipinski definition) is 1. The van der Waals surface area contributed by atoms with Crippen LogP contribution in [0.2, 0.25) is 5.02 Å². The summed E-state index contributed by atoms with van der Waals surface area (Å²) in [5.74, 6) is 0. The lowest BCUT2D eigenvalue weighted by Gasteiger charge is -2.18. The second-order valence-corrected chi connectivity index (χ2v) is 6.28. The third-order valence-corrected chi connectivity index (χ3v) is 4.45. The summed E-state index contributed by atoms with van der Waals surface area (Å²) in [5, 5.41) is 6.58. The van der Waals surface area contributed by atoms with Gasteiger partial charge in [-0.15, -0.1) is 11.3 Å². The first-order valence-corrected chi connectivity index (χ1v) is 7.95. The lowest BCUT2D eigenvalue weighted by atomic mass is 10.0. The van der Waals surface area contributed by atoms with Crippen molar-refractivity contribution in [2.45, 2.75) is 32.7 Å². The van der Waals surface area contributed by atoms with Gasteiger partial charge in [-0.1, -0.05) is 36.7 Å². The molecule has 2 rings (SSSR count). The molecule has 0 fully saturated rings. The zero-order chi connectivity index (χ0) is 13.7. The van der Waals surface area contributed by atoms with E-state index in [-0.39, 0.29) is 0 Å². The van der Waals surface area contributed by atoms with E-state index in [1.54, 1.807) is 0 Å². The monoisotopic (exact) mass is 293 g/mol. The highest BCUT2D eigenvalue weighted by Crippen LogP contribution is 2.21. The molecule has 0 saturated heterocycles. The van der Waals surface area contributed by atoms with Crippen LogP contribution in [-0.2, 0) is 12.8 Å². The molecule has 1 aromatic heterocycles. The number of nitrogens with one attached hydrogen (secondary N) is 1. The maximum Gasteiger partial charge on any atom is 0.0441 e. The molecule has 0 spiro atoms. The van der Waals surface area contributed by atoms with Crippen LogP contribution in [0.3, 0.4) is 0 Å². The lowest BCUT2D eigenvalue weighted by molar-refractivity contribution is 0.524. The highest BCUT2D eigenvalue weighted by molar-refractivity contribution is 7.09. The van der Waals surface area contributed by atoms with Gasteiger partial charge in [-0.05, 0) is 54.9 Å². The van der Waals surface area contributed by atoms with Crippen molar-refractivity contribution >= 4 is 22.9 Å². The van der Waals surface area contributed by atoms with Crippen LogP contribution in [0.15, 0.2) is 35.7 Å². The number of benzene rings is 1. The molecule has 0 aliphatic carbocycles. The summed E-state index contributed by atoms with van der Waals surface area (Å²) >= 11 is 8.15. The van der Waals surface area contributed by atoms with E-state index in [9.17, 15) is 0 Å². The van der Waals surface area contributed by atoms with Crippen LogP contribution in [0.1, 0.15) is 22.9 Å². The summed E-state index contributed by atoms with van der Waals surface area (Å²) in [6, 6.07) is 11.1. The number of hydrogen-bond acceptors (Lipinski definition) is 2. The molecule has 2 aromatic rings. The van der Waals surface area contributed by atoms with Crippen molar-refractivity contribution in [1.29, 1.82) is 0 Å². The summed E-state index contributed by atoms with van der Waals surface area (Å²) in [7, 11) is 0. The first-order chi connectivity index (χ1) is 9.19. The van der Waals surface area contributed by atoms with E-state index in [1.807, 2.05) is 17.4 Å². The maximum atomic E-state index is 6.33. The van der Waals surface area contributed by atoms with Crippen LogP contribution in [0.5, 0.6) is 0 Å². The van der Waals surface area contributed by atoms with E-state index in [0.717, 1.165) is 24.4 Å². The van der Waals surface area contributed by atoms with E-state index in [1.165, 1.54) is 16.0 Å². The SMILES string of the molecule is CCNC(Cc1cccs1)Cc1ccc(C)cc1Cl. The van der Waals surface area contributed by atoms with Gasteiger partial charge < -0.3 is 5.32 Å². The van der Waals surface area contributed by atoms with Crippen LogP contribution in [0.25, 0.3) is 0 Å². The number of halogens is 1. The van der Waals surface area contributed by atoms with Crippen molar-refractivity contribution in [3.05, 3.63) is 56.7 Å². The molecule has 1 atom stereocenters. The first-order valence-electron chi connectivity index (χ1n) is 6.70. The smallest absolute Gasteiger partial charge is 0.0441 e. The zero-order valence-electron chi connectivity index (χ0n) is 11.4. The Labute approximate surface area is 124 Å². The minimum Gasteiger partial charge on any atom is -0.314 e. The van der Waals surface area contributed by atoms with Gasteiger partial charge in [0, 0.05) is 15.9 Å². The van der Waals surface area contributed by atoms with Gasteiger partial charge in [-0.25, -0.2) is 0 Å². The van der Waals surface area contributed by atoms with Gasteiger partial charge in [0.1, 0.15) is 0 Å². The van der Waals surface area contributed by atoms with E-state index in [4.69, 9.17) is 11.6 Å². The summed E-state index contributed by atoms with van der Waals surface area (Å²) in [6.45, 7) is 5.21. The molecule has 0 aliphatic heterocycles. The summed E-state index contributed by atoms with van der Waals surface area (Å²) < 4.78 is 0. The Balaban J connectivity index is 2.07. The molecule has 0 radical (unpaired) electrons. The Morgan fingerprint density at radius 1 is 1.26 bits per heavy atom. The fraction of sp³-hybridized carbons (Fsp3) is 0.375. The van der Waals surface area contributed by atoms with E-state index >= 15 is 0 Å². The summed E-state index contributed by atoms with van der Waals surface area (Å²) in [5.41, 5.74) is 2.45. The van der Waals surface area contributed by atoms with Gasteiger partial charge in [-0.2, -0.15) is 0 Å². The Morgan fingerprint density at radius 2 is 2.11 bits per heavy atom. The van der Waals surface area contributed by atoms with Crippen molar-refractivity contribution < 1.29 is 0 Å². The number of aryl methyl sites for hydroxylation is 1. The molecular formula is C16H20ClNS.